The number of carboxylic acid groups (broad SMARTS) is 1. The Morgan fingerprint density at radius 1 is 1.30 bits per heavy atom. The van der Waals surface area contributed by atoms with E-state index < -0.39 is 5.97 Å². The van der Waals surface area contributed by atoms with Crippen molar-refractivity contribution in [1.82, 2.24) is 4.90 Å². The molecule has 0 bridgehead atoms. The van der Waals surface area contributed by atoms with Gasteiger partial charge in [0.25, 0.3) is 0 Å². The number of likely N-dealkylation sites (tertiary alicyclic amines) is 1. The van der Waals surface area contributed by atoms with Gasteiger partial charge in [0.15, 0.2) is 0 Å². The average Bonchev–Trinajstić information content (AvgIpc) is 2.89. The molecule has 1 saturated heterocycles. The van der Waals surface area contributed by atoms with Crippen molar-refractivity contribution >= 4 is 17.7 Å². The molecule has 1 unspecified atom stereocenters. The van der Waals surface area contributed by atoms with E-state index in [1.165, 1.54) is 0 Å². The molecule has 1 aliphatic rings. The van der Waals surface area contributed by atoms with Gasteiger partial charge in [-0.1, -0.05) is 12.1 Å². The third-order valence-corrected chi connectivity index (χ3v) is 3.41. The van der Waals surface area contributed by atoms with Crippen LogP contribution < -0.4 is 5.32 Å². The zero-order chi connectivity index (χ0) is 14.5. The van der Waals surface area contributed by atoms with E-state index in [1.54, 1.807) is 29.2 Å². The second-order valence-corrected chi connectivity index (χ2v) is 4.87. The first-order chi connectivity index (χ1) is 9.60. The van der Waals surface area contributed by atoms with Crippen LogP contribution in [0.1, 0.15) is 18.4 Å². The highest BCUT2D eigenvalue weighted by Crippen LogP contribution is 2.18. The summed E-state index contributed by atoms with van der Waals surface area (Å²) in [7, 11) is 0. The summed E-state index contributed by atoms with van der Waals surface area (Å²) in [5, 5.41) is 20.6. The van der Waals surface area contributed by atoms with Gasteiger partial charge in [0, 0.05) is 12.2 Å². The minimum atomic E-state index is -0.885. The third kappa shape index (κ3) is 3.48. The topological polar surface area (TPSA) is 89.9 Å². The highest BCUT2D eigenvalue weighted by molar-refractivity contribution is 5.89. The van der Waals surface area contributed by atoms with Crippen molar-refractivity contribution in [2.75, 3.05) is 18.5 Å². The highest BCUT2D eigenvalue weighted by atomic mass is 16.4. The van der Waals surface area contributed by atoms with Gasteiger partial charge in [0.2, 0.25) is 0 Å². The van der Waals surface area contributed by atoms with Gasteiger partial charge < -0.3 is 20.4 Å². The molecule has 2 rings (SSSR count). The van der Waals surface area contributed by atoms with Crippen molar-refractivity contribution in [2.45, 2.75) is 25.3 Å². The molecule has 3 N–H and O–H groups in total. The maximum atomic E-state index is 12.1. The first-order valence-electron chi connectivity index (χ1n) is 6.59. The Hall–Kier alpha value is -2.08. The molecular formula is C14H18N2O4. The Balaban J connectivity index is 1.95. The van der Waals surface area contributed by atoms with Crippen LogP contribution in [0, 0.1) is 0 Å². The number of carbonyl (C=O) groups is 2. The zero-order valence-corrected chi connectivity index (χ0v) is 11.1. The van der Waals surface area contributed by atoms with Gasteiger partial charge in [-0.15, -0.1) is 0 Å². The Morgan fingerprint density at radius 3 is 2.60 bits per heavy atom. The van der Waals surface area contributed by atoms with E-state index in [2.05, 4.69) is 5.32 Å². The molecule has 0 aliphatic carbocycles. The second kappa shape index (κ2) is 6.38. The van der Waals surface area contributed by atoms with Gasteiger partial charge in [-0.2, -0.15) is 0 Å². The average molecular weight is 278 g/mol. The van der Waals surface area contributed by atoms with E-state index in [9.17, 15) is 14.7 Å². The van der Waals surface area contributed by atoms with Crippen molar-refractivity contribution in [3.8, 4) is 0 Å². The monoisotopic (exact) mass is 278 g/mol. The van der Waals surface area contributed by atoms with Crippen LogP contribution in [-0.4, -0.2) is 46.3 Å². The van der Waals surface area contributed by atoms with Crippen LogP contribution in [-0.2, 0) is 11.2 Å². The number of benzene rings is 1. The standard InChI is InChI=1S/C14H18N2O4/c17-9-12-2-1-7-16(12)14(20)15-11-5-3-10(4-6-11)8-13(18)19/h3-6,12,17H,1-2,7-9H2,(H,15,20)(H,18,19). The summed E-state index contributed by atoms with van der Waals surface area (Å²) in [5.74, 6) is -0.885. The fourth-order valence-electron chi connectivity index (χ4n) is 2.37. The molecule has 0 saturated carbocycles. The van der Waals surface area contributed by atoms with Crippen molar-refractivity contribution in [3.63, 3.8) is 0 Å². The molecular weight excluding hydrogens is 260 g/mol. The summed E-state index contributed by atoms with van der Waals surface area (Å²) in [6.07, 6.45) is 1.69. The first kappa shape index (κ1) is 14.3. The van der Waals surface area contributed by atoms with Crippen LogP contribution in [0.5, 0.6) is 0 Å². The van der Waals surface area contributed by atoms with Crippen LogP contribution in [0.4, 0.5) is 10.5 Å². The molecule has 1 aromatic rings. The van der Waals surface area contributed by atoms with Crippen molar-refractivity contribution < 1.29 is 19.8 Å². The lowest BCUT2D eigenvalue weighted by Gasteiger charge is -2.23. The number of nitrogens with zero attached hydrogens (tertiary/aromatic N) is 1. The van der Waals surface area contributed by atoms with Gasteiger partial charge in [-0.05, 0) is 30.5 Å². The lowest BCUT2D eigenvalue weighted by atomic mass is 10.1. The maximum absolute atomic E-state index is 12.1. The van der Waals surface area contributed by atoms with E-state index in [0.717, 1.165) is 12.8 Å². The maximum Gasteiger partial charge on any atom is 0.322 e. The van der Waals surface area contributed by atoms with Crippen molar-refractivity contribution in [2.24, 2.45) is 0 Å². The van der Waals surface area contributed by atoms with Crippen LogP contribution >= 0.6 is 0 Å². The second-order valence-electron chi connectivity index (χ2n) is 4.87. The van der Waals surface area contributed by atoms with Crippen LogP contribution in [0.2, 0.25) is 0 Å². The van der Waals surface area contributed by atoms with E-state index in [-0.39, 0.29) is 25.1 Å². The lowest BCUT2D eigenvalue weighted by Crippen LogP contribution is -2.40. The Labute approximate surface area is 117 Å². The number of aliphatic carboxylic acids is 1. The fourth-order valence-corrected chi connectivity index (χ4v) is 2.37. The fraction of sp³-hybridized carbons (Fsp3) is 0.429. The Morgan fingerprint density at radius 2 is 2.00 bits per heavy atom. The molecule has 1 atom stereocenters. The molecule has 108 valence electrons. The molecule has 0 spiro atoms. The summed E-state index contributed by atoms with van der Waals surface area (Å²) in [6.45, 7) is 0.624. The molecule has 20 heavy (non-hydrogen) atoms. The van der Waals surface area contributed by atoms with E-state index in [0.29, 0.717) is 17.8 Å². The number of carbonyl (C=O) groups excluding carboxylic acids is 1. The van der Waals surface area contributed by atoms with Gasteiger partial charge in [0.05, 0.1) is 19.1 Å². The predicted octanol–water partition coefficient (Wildman–Crippen LogP) is 1.30. The van der Waals surface area contributed by atoms with Gasteiger partial charge in [-0.3, -0.25) is 4.79 Å². The SMILES string of the molecule is O=C(O)Cc1ccc(NC(=O)N2CCCC2CO)cc1. The Bertz CT molecular complexity index is 486. The molecule has 1 aliphatic heterocycles. The number of aliphatic hydroxyl groups excluding tert-OH is 1. The molecule has 1 heterocycles. The smallest absolute Gasteiger partial charge is 0.322 e. The molecule has 0 radical (unpaired) electrons. The minimum absolute atomic E-state index is 0.0228. The summed E-state index contributed by atoms with van der Waals surface area (Å²) < 4.78 is 0. The highest BCUT2D eigenvalue weighted by Gasteiger charge is 2.27. The van der Waals surface area contributed by atoms with Crippen molar-refractivity contribution in [1.29, 1.82) is 0 Å². The quantitative estimate of drug-likeness (QED) is 0.774. The number of nitrogens with one attached hydrogen (secondary N) is 1. The summed E-state index contributed by atoms with van der Waals surface area (Å²) in [6, 6.07) is 6.38. The van der Waals surface area contributed by atoms with Crippen LogP contribution in [0.3, 0.4) is 0 Å². The number of hydrogen-bond acceptors (Lipinski definition) is 3. The Kier molecular flexibility index (Phi) is 4.57. The number of rotatable bonds is 4. The molecule has 0 aromatic heterocycles. The number of hydrogen-bond donors (Lipinski definition) is 3. The van der Waals surface area contributed by atoms with Gasteiger partial charge in [-0.25, -0.2) is 4.79 Å². The molecule has 2 amide bonds. The van der Waals surface area contributed by atoms with E-state index >= 15 is 0 Å². The largest absolute Gasteiger partial charge is 0.481 e. The third-order valence-electron chi connectivity index (χ3n) is 3.41. The van der Waals surface area contributed by atoms with Crippen LogP contribution in [0.15, 0.2) is 24.3 Å². The number of amides is 2. The molecule has 1 fully saturated rings. The predicted molar refractivity (Wildman–Crippen MR) is 73.6 cm³/mol. The van der Waals surface area contributed by atoms with Crippen molar-refractivity contribution in [3.05, 3.63) is 29.8 Å². The number of aliphatic hydroxyl groups is 1. The summed E-state index contributed by atoms with van der Waals surface area (Å²) >= 11 is 0. The lowest BCUT2D eigenvalue weighted by molar-refractivity contribution is -0.136. The number of anilines is 1. The van der Waals surface area contributed by atoms with Crippen LogP contribution in [0.25, 0.3) is 0 Å². The summed E-state index contributed by atoms with van der Waals surface area (Å²) in [5.41, 5.74) is 1.30. The van der Waals surface area contributed by atoms with E-state index in [1.807, 2.05) is 0 Å². The zero-order valence-electron chi connectivity index (χ0n) is 11.1. The molecule has 6 heteroatoms. The molecule has 1 aromatic carbocycles. The number of carboxylic acids is 1. The van der Waals surface area contributed by atoms with E-state index in [4.69, 9.17) is 5.11 Å². The molecule has 6 nitrogen and oxygen atoms in total. The first-order valence-corrected chi connectivity index (χ1v) is 6.59. The van der Waals surface area contributed by atoms with Gasteiger partial charge >= 0.3 is 12.0 Å². The van der Waals surface area contributed by atoms with Gasteiger partial charge in [0.1, 0.15) is 0 Å². The minimum Gasteiger partial charge on any atom is -0.481 e. The normalized spacial score (nSPS) is 18.1. The summed E-state index contributed by atoms with van der Waals surface area (Å²) in [4.78, 5) is 24.3. The number of urea groups is 1.